The van der Waals surface area contributed by atoms with Crippen molar-refractivity contribution in [2.24, 2.45) is 0 Å². The summed E-state index contributed by atoms with van der Waals surface area (Å²) in [5, 5.41) is 10.2. The third-order valence-corrected chi connectivity index (χ3v) is 6.14. The zero-order valence-electron chi connectivity index (χ0n) is 14.3. The molecule has 0 bridgehead atoms. The van der Waals surface area contributed by atoms with Gasteiger partial charge in [-0.15, -0.1) is 10.2 Å². The summed E-state index contributed by atoms with van der Waals surface area (Å²) >= 11 is 6.14. The van der Waals surface area contributed by atoms with Gasteiger partial charge in [-0.2, -0.15) is 0 Å². The van der Waals surface area contributed by atoms with Gasteiger partial charge in [-0.1, -0.05) is 55.8 Å². The highest BCUT2D eigenvalue weighted by Gasteiger charge is 2.40. The van der Waals surface area contributed by atoms with E-state index in [-0.39, 0.29) is 5.41 Å². The maximum atomic E-state index is 6.14. The van der Waals surface area contributed by atoms with Crippen LogP contribution in [0, 0.1) is 0 Å². The number of aryl methyl sites for hydroxylation is 1. The van der Waals surface area contributed by atoms with Crippen LogP contribution in [0.25, 0.3) is 0 Å². The molecule has 1 fully saturated rings. The summed E-state index contributed by atoms with van der Waals surface area (Å²) in [5.74, 6) is 2.41. The minimum atomic E-state index is 0.0211. The molecule has 24 heavy (non-hydrogen) atoms. The third kappa shape index (κ3) is 2.88. The van der Waals surface area contributed by atoms with Crippen molar-refractivity contribution in [1.82, 2.24) is 14.8 Å². The number of rotatable bonds is 2. The summed E-state index contributed by atoms with van der Waals surface area (Å²) in [4.78, 5) is 0. The fourth-order valence-electron chi connectivity index (χ4n) is 4.58. The molecule has 1 aromatic heterocycles. The maximum absolute atomic E-state index is 6.14. The lowest BCUT2D eigenvalue weighted by atomic mass is 9.68. The third-order valence-electron chi connectivity index (χ3n) is 5.89. The van der Waals surface area contributed by atoms with Crippen molar-refractivity contribution in [2.75, 3.05) is 0 Å². The van der Waals surface area contributed by atoms with E-state index in [1.54, 1.807) is 0 Å². The van der Waals surface area contributed by atoms with Crippen LogP contribution in [0.4, 0.5) is 0 Å². The molecule has 0 amide bonds. The quantitative estimate of drug-likeness (QED) is 0.740. The van der Waals surface area contributed by atoms with Crippen LogP contribution in [0.15, 0.2) is 24.3 Å². The summed E-state index contributed by atoms with van der Waals surface area (Å²) < 4.78 is 2.46. The first-order chi connectivity index (χ1) is 11.8. The van der Waals surface area contributed by atoms with Crippen molar-refractivity contribution in [2.45, 2.75) is 76.2 Å². The van der Waals surface area contributed by atoms with Gasteiger partial charge in [0.2, 0.25) is 0 Å². The molecule has 128 valence electrons. The van der Waals surface area contributed by atoms with Crippen molar-refractivity contribution in [3.8, 4) is 0 Å². The normalized spacial score (nSPS) is 20.9. The van der Waals surface area contributed by atoms with Gasteiger partial charge >= 0.3 is 0 Å². The van der Waals surface area contributed by atoms with Crippen LogP contribution < -0.4 is 0 Å². The molecule has 2 aromatic rings. The number of aromatic nitrogens is 3. The SMILES string of the molecule is Clc1ccc(C2(c3nnc4n3CCCCCC4)CCCCC2)cc1. The molecule has 0 saturated heterocycles. The number of halogens is 1. The Morgan fingerprint density at radius 3 is 2.33 bits per heavy atom. The standard InChI is InChI=1S/C20H26ClN3/c21-17-11-9-16(10-12-17)20(13-5-3-6-14-20)19-23-22-18-8-4-1-2-7-15-24(18)19/h9-12H,1-8,13-15H2. The average molecular weight is 344 g/mol. The monoisotopic (exact) mass is 343 g/mol. The predicted molar refractivity (Wildman–Crippen MR) is 97.5 cm³/mol. The molecule has 4 rings (SSSR count). The van der Waals surface area contributed by atoms with E-state index in [1.807, 2.05) is 12.1 Å². The molecule has 3 nitrogen and oxygen atoms in total. The van der Waals surface area contributed by atoms with Gasteiger partial charge in [0.05, 0.1) is 5.41 Å². The minimum absolute atomic E-state index is 0.0211. The number of hydrogen-bond donors (Lipinski definition) is 0. The lowest BCUT2D eigenvalue weighted by Gasteiger charge is -2.37. The highest BCUT2D eigenvalue weighted by molar-refractivity contribution is 6.30. The molecule has 0 spiro atoms. The Morgan fingerprint density at radius 1 is 0.833 bits per heavy atom. The Hall–Kier alpha value is -1.35. The molecular formula is C20H26ClN3. The van der Waals surface area contributed by atoms with Crippen LogP contribution in [0.2, 0.25) is 5.02 Å². The Labute approximate surface area is 149 Å². The van der Waals surface area contributed by atoms with Crippen molar-refractivity contribution in [3.63, 3.8) is 0 Å². The van der Waals surface area contributed by atoms with Crippen molar-refractivity contribution < 1.29 is 0 Å². The summed E-state index contributed by atoms with van der Waals surface area (Å²) in [6.45, 7) is 1.08. The Kier molecular flexibility index (Phi) is 4.62. The van der Waals surface area contributed by atoms with Crippen LogP contribution in [-0.2, 0) is 18.4 Å². The van der Waals surface area contributed by atoms with Gasteiger partial charge in [0.15, 0.2) is 0 Å². The van der Waals surface area contributed by atoms with Crippen molar-refractivity contribution in [3.05, 3.63) is 46.5 Å². The van der Waals surface area contributed by atoms with Gasteiger partial charge in [0, 0.05) is 18.0 Å². The smallest absolute Gasteiger partial charge is 0.143 e. The Morgan fingerprint density at radius 2 is 1.54 bits per heavy atom. The van der Waals surface area contributed by atoms with Gasteiger partial charge in [-0.25, -0.2) is 0 Å². The van der Waals surface area contributed by atoms with Gasteiger partial charge in [-0.05, 0) is 43.4 Å². The highest BCUT2D eigenvalue weighted by atomic mass is 35.5. The number of hydrogen-bond acceptors (Lipinski definition) is 2. The molecule has 1 aliphatic heterocycles. The molecule has 2 aliphatic rings. The minimum Gasteiger partial charge on any atom is -0.314 e. The molecule has 0 unspecified atom stereocenters. The van der Waals surface area contributed by atoms with E-state index in [0.29, 0.717) is 0 Å². The molecule has 1 saturated carbocycles. The van der Waals surface area contributed by atoms with E-state index in [2.05, 4.69) is 21.8 Å². The average Bonchev–Trinajstić information content (AvgIpc) is 2.98. The Bertz CT molecular complexity index is 683. The number of nitrogens with zero attached hydrogens (tertiary/aromatic N) is 3. The molecule has 0 radical (unpaired) electrons. The fraction of sp³-hybridized carbons (Fsp3) is 0.600. The zero-order valence-corrected chi connectivity index (χ0v) is 15.1. The lowest BCUT2D eigenvalue weighted by Crippen LogP contribution is -2.34. The second kappa shape index (κ2) is 6.87. The Balaban J connectivity index is 1.81. The summed E-state index contributed by atoms with van der Waals surface area (Å²) in [6.07, 6.45) is 12.4. The molecule has 1 aromatic carbocycles. The topological polar surface area (TPSA) is 30.7 Å². The van der Waals surface area contributed by atoms with Crippen LogP contribution in [-0.4, -0.2) is 14.8 Å². The predicted octanol–water partition coefficient (Wildman–Crippen LogP) is 5.30. The lowest BCUT2D eigenvalue weighted by molar-refractivity contribution is 0.315. The van der Waals surface area contributed by atoms with Crippen molar-refractivity contribution in [1.29, 1.82) is 0 Å². The largest absolute Gasteiger partial charge is 0.314 e. The van der Waals surface area contributed by atoms with Gasteiger partial charge < -0.3 is 4.57 Å². The van der Waals surface area contributed by atoms with E-state index >= 15 is 0 Å². The molecule has 0 atom stereocenters. The number of benzene rings is 1. The highest BCUT2D eigenvalue weighted by Crippen LogP contribution is 2.44. The second-order valence-corrected chi connectivity index (χ2v) is 7.84. The summed E-state index contributed by atoms with van der Waals surface area (Å²) in [5.41, 5.74) is 1.39. The van der Waals surface area contributed by atoms with E-state index in [9.17, 15) is 0 Å². The summed E-state index contributed by atoms with van der Waals surface area (Å²) in [6, 6.07) is 8.46. The molecule has 2 heterocycles. The van der Waals surface area contributed by atoms with E-state index in [0.717, 1.165) is 18.0 Å². The first kappa shape index (κ1) is 16.1. The molecule has 1 aliphatic carbocycles. The van der Waals surface area contributed by atoms with Crippen LogP contribution >= 0.6 is 11.6 Å². The fourth-order valence-corrected chi connectivity index (χ4v) is 4.71. The summed E-state index contributed by atoms with van der Waals surface area (Å²) in [7, 11) is 0. The van der Waals surface area contributed by atoms with Gasteiger partial charge in [0.1, 0.15) is 11.6 Å². The number of fused-ring (bicyclic) bond motifs is 1. The maximum Gasteiger partial charge on any atom is 0.143 e. The van der Waals surface area contributed by atoms with Crippen LogP contribution in [0.3, 0.4) is 0 Å². The first-order valence-corrected chi connectivity index (χ1v) is 9.86. The second-order valence-electron chi connectivity index (χ2n) is 7.41. The zero-order chi connectivity index (χ0) is 16.4. The van der Waals surface area contributed by atoms with E-state index < -0.39 is 0 Å². The molecular weight excluding hydrogens is 318 g/mol. The van der Waals surface area contributed by atoms with E-state index in [4.69, 9.17) is 16.7 Å². The van der Waals surface area contributed by atoms with Crippen LogP contribution in [0.5, 0.6) is 0 Å². The van der Waals surface area contributed by atoms with Gasteiger partial charge in [0.25, 0.3) is 0 Å². The van der Waals surface area contributed by atoms with Crippen LogP contribution in [0.1, 0.15) is 75.0 Å². The first-order valence-electron chi connectivity index (χ1n) is 9.48. The van der Waals surface area contributed by atoms with Gasteiger partial charge in [-0.3, -0.25) is 0 Å². The van der Waals surface area contributed by atoms with E-state index in [1.165, 1.54) is 75.0 Å². The molecule has 0 N–H and O–H groups in total. The van der Waals surface area contributed by atoms with Crippen molar-refractivity contribution >= 4 is 11.6 Å². The molecule has 4 heteroatoms.